The molecule has 0 atom stereocenters. The summed E-state index contributed by atoms with van der Waals surface area (Å²) < 4.78 is 13.6. The Hall–Kier alpha value is -2.36. The molecule has 2 rings (SSSR count). The molecule has 0 aliphatic rings. The Morgan fingerprint density at radius 2 is 1.89 bits per heavy atom. The van der Waals surface area contributed by atoms with Crippen molar-refractivity contribution in [2.75, 3.05) is 7.05 Å². The van der Waals surface area contributed by atoms with Gasteiger partial charge in [-0.3, -0.25) is 4.79 Å². The third-order valence-electron chi connectivity index (χ3n) is 2.79. The molecular formula is C15H14FNO2. The number of phenols is 1. The summed E-state index contributed by atoms with van der Waals surface area (Å²) >= 11 is 0. The second-order valence-electron chi connectivity index (χ2n) is 4.31. The van der Waals surface area contributed by atoms with Crippen LogP contribution in [0, 0.1) is 5.82 Å². The van der Waals surface area contributed by atoms with Gasteiger partial charge in [0.05, 0.1) is 5.56 Å². The second kappa shape index (κ2) is 5.52. The molecule has 0 spiro atoms. The summed E-state index contributed by atoms with van der Waals surface area (Å²) in [7, 11) is 1.61. The Balaban J connectivity index is 2.15. The predicted molar refractivity (Wildman–Crippen MR) is 70.3 cm³/mol. The Morgan fingerprint density at radius 3 is 2.53 bits per heavy atom. The lowest BCUT2D eigenvalue weighted by Crippen LogP contribution is -2.26. The van der Waals surface area contributed by atoms with Crippen LogP contribution in [0.5, 0.6) is 5.75 Å². The number of hydrogen-bond donors (Lipinski definition) is 1. The Labute approximate surface area is 110 Å². The largest absolute Gasteiger partial charge is 0.508 e. The molecule has 0 unspecified atom stereocenters. The van der Waals surface area contributed by atoms with E-state index in [9.17, 15) is 9.18 Å². The first-order valence-electron chi connectivity index (χ1n) is 5.86. The lowest BCUT2D eigenvalue weighted by Gasteiger charge is -2.17. The summed E-state index contributed by atoms with van der Waals surface area (Å²) in [5, 5.41) is 9.13. The van der Waals surface area contributed by atoms with Crippen molar-refractivity contribution in [3.63, 3.8) is 0 Å². The molecular weight excluding hydrogens is 245 g/mol. The van der Waals surface area contributed by atoms with Gasteiger partial charge >= 0.3 is 0 Å². The third kappa shape index (κ3) is 3.10. The van der Waals surface area contributed by atoms with E-state index in [1.165, 1.54) is 17.0 Å². The van der Waals surface area contributed by atoms with Crippen molar-refractivity contribution in [1.82, 2.24) is 4.90 Å². The van der Waals surface area contributed by atoms with E-state index in [4.69, 9.17) is 5.11 Å². The van der Waals surface area contributed by atoms with Gasteiger partial charge in [-0.2, -0.15) is 0 Å². The Kier molecular flexibility index (Phi) is 3.80. The van der Waals surface area contributed by atoms with Gasteiger partial charge in [0.15, 0.2) is 0 Å². The van der Waals surface area contributed by atoms with Crippen molar-refractivity contribution < 1.29 is 14.3 Å². The number of phenolic OH excluding ortho intramolecular Hbond substituents is 1. The quantitative estimate of drug-likeness (QED) is 0.920. The van der Waals surface area contributed by atoms with Gasteiger partial charge in [0.25, 0.3) is 5.91 Å². The van der Waals surface area contributed by atoms with Crippen LogP contribution in [-0.2, 0) is 6.54 Å². The number of hydrogen-bond acceptors (Lipinski definition) is 2. The summed E-state index contributed by atoms with van der Waals surface area (Å²) in [6.07, 6.45) is 0. The molecule has 1 N–H and O–H groups in total. The number of amides is 1. The molecule has 19 heavy (non-hydrogen) atoms. The van der Waals surface area contributed by atoms with Crippen LogP contribution in [0.1, 0.15) is 15.9 Å². The number of aromatic hydroxyl groups is 1. The fraction of sp³-hybridized carbons (Fsp3) is 0.133. The standard InChI is InChI=1S/C15H14FNO2/c1-17(10-11-5-3-2-4-6-11)15(19)13-8-7-12(18)9-14(13)16/h2-9,18H,10H2,1H3. The minimum atomic E-state index is -0.718. The van der Waals surface area contributed by atoms with Gasteiger partial charge in [-0.1, -0.05) is 30.3 Å². The van der Waals surface area contributed by atoms with Gasteiger partial charge in [-0.15, -0.1) is 0 Å². The maximum absolute atomic E-state index is 13.6. The van der Waals surface area contributed by atoms with Crippen LogP contribution in [0.15, 0.2) is 48.5 Å². The minimum Gasteiger partial charge on any atom is -0.508 e. The molecule has 98 valence electrons. The topological polar surface area (TPSA) is 40.5 Å². The first kappa shape index (κ1) is 13.1. The van der Waals surface area contributed by atoms with Crippen molar-refractivity contribution in [1.29, 1.82) is 0 Å². The van der Waals surface area contributed by atoms with Crippen LogP contribution >= 0.6 is 0 Å². The summed E-state index contributed by atoms with van der Waals surface area (Å²) in [5.74, 6) is -1.33. The van der Waals surface area contributed by atoms with Crippen LogP contribution in [0.4, 0.5) is 4.39 Å². The van der Waals surface area contributed by atoms with Gasteiger partial charge in [0.2, 0.25) is 0 Å². The highest BCUT2D eigenvalue weighted by atomic mass is 19.1. The maximum atomic E-state index is 13.6. The average Bonchev–Trinajstić information content (AvgIpc) is 2.39. The van der Waals surface area contributed by atoms with Gasteiger partial charge in [0, 0.05) is 19.7 Å². The first-order valence-corrected chi connectivity index (χ1v) is 5.86. The summed E-state index contributed by atoms with van der Waals surface area (Å²) in [5.41, 5.74) is 0.925. The maximum Gasteiger partial charge on any atom is 0.256 e. The molecule has 0 saturated heterocycles. The van der Waals surface area contributed by atoms with Crippen LogP contribution in [0.2, 0.25) is 0 Å². The molecule has 0 radical (unpaired) electrons. The Bertz CT molecular complexity index is 584. The molecule has 0 heterocycles. The van der Waals surface area contributed by atoms with Crippen molar-refractivity contribution in [2.24, 2.45) is 0 Å². The number of carbonyl (C=O) groups excluding carboxylic acids is 1. The highest BCUT2D eigenvalue weighted by molar-refractivity contribution is 5.94. The molecule has 3 nitrogen and oxygen atoms in total. The lowest BCUT2D eigenvalue weighted by molar-refractivity contribution is 0.0780. The summed E-state index contributed by atoms with van der Waals surface area (Å²) in [6.45, 7) is 0.403. The predicted octanol–water partition coefficient (Wildman–Crippen LogP) is 2.80. The average molecular weight is 259 g/mol. The monoisotopic (exact) mass is 259 g/mol. The van der Waals surface area contributed by atoms with Crippen molar-refractivity contribution >= 4 is 5.91 Å². The number of halogens is 1. The van der Waals surface area contributed by atoms with Gasteiger partial charge in [0.1, 0.15) is 11.6 Å². The van der Waals surface area contributed by atoms with E-state index in [0.717, 1.165) is 11.6 Å². The third-order valence-corrected chi connectivity index (χ3v) is 2.79. The zero-order valence-corrected chi connectivity index (χ0v) is 10.5. The smallest absolute Gasteiger partial charge is 0.256 e. The molecule has 0 aliphatic heterocycles. The van der Waals surface area contributed by atoms with E-state index >= 15 is 0 Å². The normalized spacial score (nSPS) is 10.2. The molecule has 2 aromatic rings. The van der Waals surface area contributed by atoms with Crippen molar-refractivity contribution in [3.8, 4) is 5.75 Å². The molecule has 0 aromatic heterocycles. The molecule has 1 amide bonds. The van der Waals surface area contributed by atoms with Crippen molar-refractivity contribution in [3.05, 3.63) is 65.5 Å². The van der Waals surface area contributed by atoms with E-state index in [1.54, 1.807) is 7.05 Å². The summed E-state index contributed by atoms with van der Waals surface area (Å²) in [6, 6.07) is 13.0. The van der Waals surface area contributed by atoms with Crippen molar-refractivity contribution in [2.45, 2.75) is 6.54 Å². The highest BCUT2D eigenvalue weighted by Gasteiger charge is 2.16. The zero-order chi connectivity index (χ0) is 13.8. The minimum absolute atomic E-state index is 0.0452. The second-order valence-corrected chi connectivity index (χ2v) is 4.31. The van der Waals surface area contributed by atoms with E-state index in [0.29, 0.717) is 6.54 Å². The molecule has 0 saturated carbocycles. The van der Waals surface area contributed by atoms with E-state index in [1.807, 2.05) is 30.3 Å². The fourth-order valence-corrected chi connectivity index (χ4v) is 1.81. The SMILES string of the molecule is CN(Cc1ccccc1)C(=O)c1ccc(O)cc1F. The number of nitrogens with zero attached hydrogens (tertiary/aromatic N) is 1. The van der Waals surface area contributed by atoms with Crippen LogP contribution in [-0.4, -0.2) is 23.0 Å². The van der Waals surface area contributed by atoms with Gasteiger partial charge in [-0.05, 0) is 17.7 Å². The van der Waals surface area contributed by atoms with E-state index in [-0.39, 0.29) is 11.3 Å². The molecule has 0 fully saturated rings. The number of benzene rings is 2. The molecule has 2 aromatic carbocycles. The van der Waals surface area contributed by atoms with E-state index < -0.39 is 11.7 Å². The molecule has 0 bridgehead atoms. The zero-order valence-electron chi connectivity index (χ0n) is 10.5. The highest BCUT2D eigenvalue weighted by Crippen LogP contribution is 2.17. The molecule has 0 aliphatic carbocycles. The van der Waals surface area contributed by atoms with Gasteiger partial charge < -0.3 is 10.0 Å². The van der Waals surface area contributed by atoms with Gasteiger partial charge in [-0.25, -0.2) is 4.39 Å². The van der Waals surface area contributed by atoms with E-state index in [2.05, 4.69) is 0 Å². The Morgan fingerprint density at radius 1 is 1.21 bits per heavy atom. The van der Waals surface area contributed by atoms with Crippen LogP contribution in [0.25, 0.3) is 0 Å². The lowest BCUT2D eigenvalue weighted by atomic mass is 10.1. The number of rotatable bonds is 3. The summed E-state index contributed by atoms with van der Waals surface area (Å²) in [4.78, 5) is 13.5. The number of carbonyl (C=O) groups is 1. The first-order chi connectivity index (χ1) is 9.08. The molecule has 4 heteroatoms. The van der Waals surface area contributed by atoms with Crippen LogP contribution in [0.3, 0.4) is 0 Å². The fourth-order valence-electron chi connectivity index (χ4n) is 1.81. The van der Waals surface area contributed by atoms with Crippen LogP contribution < -0.4 is 0 Å².